The van der Waals surface area contributed by atoms with Crippen molar-refractivity contribution >= 4 is 34.6 Å². The average Bonchev–Trinajstić information content (AvgIpc) is 3.13. The van der Waals surface area contributed by atoms with Crippen molar-refractivity contribution in [3.63, 3.8) is 0 Å². The van der Waals surface area contributed by atoms with Crippen LogP contribution in [0.25, 0.3) is 22.9 Å². The Hall–Kier alpha value is -2.61. The Kier molecular flexibility index (Phi) is 5.49. The van der Waals surface area contributed by atoms with Gasteiger partial charge in [0.15, 0.2) is 0 Å². The molecule has 0 amide bonds. The predicted octanol–water partition coefficient (Wildman–Crippen LogP) is 5.93. The maximum atomic E-state index is 9.52. The Morgan fingerprint density at radius 2 is 2.08 bits per heavy atom. The summed E-state index contributed by atoms with van der Waals surface area (Å²) in [6.45, 7) is 2.46. The fraction of sp³-hybridized carbons (Fsp3) is 0.100. The first-order valence-corrected chi connectivity index (χ1v) is 9.02. The molecule has 0 atom stereocenters. The van der Waals surface area contributed by atoms with Gasteiger partial charge in [-0.3, -0.25) is 0 Å². The number of halogens is 1. The molecule has 0 N–H and O–H groups in total. The number of nitriles is 1. The zero-order valence-electron chi connectivity index (χ0n) is 13.6. The molecular formula is C20H15ClN2OS. The van der Waals surface area contributed by atoms with Gasteiger partial charge in [0.2, 0.25) is 0 Å². The van der Waals surface area contributed by atoms with E-state index >= 15 is 0 Å². The Morgan fingerprint density at radius 3 is 2.76 bits per heavy atom. The monoisotopic (exact) mass is 366 g/mol. The van der Waals surface area contributed by atoms with Crippen LogP contribution in [0, 0.1) is 11.3 Å². The van der Waals surface area contributed by atoms with Crippen LogP contribution < -0.4 is 4.74 Å². The van der Waals surface area contributed by atoms with Crippen molar-refractivity contribution in [2.24, 2.45) is 0 Å². The lowest BCUT2D eigenvalue weighted by Crippen LogP contribution is -1.92. The van der Waals surface area contributed by atoms with Crippen LogP contribution in [-0.2, 0) is 0 Å². The smallest absolute Gasteiger partial charge is 0.137 e. The molecule has 0 radical (unpaired) electrons. The molecule has 0 saturated carbocycles. The Morgan fingerprint density at radius 1 is 1.28 bits per heavy atom. The number of rotatable bonds is 5. The Bertz CT molecular complexity index is 942. The van der Waals surface area contributed by atoms with Gasteiger partial charge in [-0.15, -0.1) is 11.3 Å². The van der Waals surface area contributed by atoms with Crippen LogP contribution >= 0.6 is 22.9 Å². The van der Waals surface area contributed by atoms with E-state index in [2.05, 4.69) is 11.1 Å². The number of aromatic nitrogens is 1. The maximum Gasteiger partial charge on any atom is 0.137 e. The molecule has 124 valence electrons. The van der Waals surface area contributed by atoms with Crippen LogP contribution in [0.3, 0.4) is 0 Å². The number of benzene rings is 2. The molecule has 1 heterocycles. The molecule has 3 rings (SSSR count). The number of allylic oxidation sites excluding steroid dienone is 1. The van der Waals surface area contributed by atoms with E-state index in [-0.39, 0.29) is 0 Å². The van der Waals surface area contributed by atoms with Crippen LogP contribution in [0.4, 0.5) is 0 Å². The van der Waals surface area contributed by atoms with Crippen molar-refractivity contribution in [2.45, 2.75) is 6.92 Å². The van der Waals surface area contributed by atoms with Crippen molar-refractivity contribution in [1.82, 2.24) is 4.98 Å². The minimum atomic E-state index is 0.507. The first kappa shape index (κ1) is 17.2. The highest BCUT2D eigenvalue weighted by Crippen LogP contribution is 2.29. The van der Waals surface area contributed by atoms with Crippen LogP contribution in [0.15, 0.2) is 53.9 Å². The lowest BCUT2D eigenvalue weighted by atomic mass is 10.1. The van der Waals surface area contributed by atoms with Gasteiger partial charge in [-0.2, -0.15) is 5.26 Å². The lowest BCUT2D eigenvalue weighted by Gasteiger charge is -2.06. The number of nitrogens with zero attached hydrogens (tertiary/aromatic N) is 2. The van der Waals surface area contributed by atoms with E-state index in [0.29, 0.717) is 28.0 Å². The average molecular weight is 367 g/mol. The quantitative estimate of drug-likeness (QED) is 0.526. The summed E-state index contributed by atoms with van der Waals surface area (Å²) in [6.07, 6.45) is 1.79. The van der Waals surface area contributed by atoms with Crippen LogP contribution in [-0.4, -0.2) is 11.6 Å². The van der Waals surface area contributed by atoms with Gasteiger partial charge in [-0.25, -0.2) is 4.98 Å². The molecule has 0 spiro atoms. The minimum Gasteiger partial charge on any atom is -0.492 e. The van der Waals surface area contributed by atoms with Crippen molar-refractivity contribution in [3.05, 3.63) is 69.5 Å². The highest BCUT2D eigenvalue weighted by atomic mass is 35.5. The first-order valence-electron chi connectivity index (χ1n) is 7.76. The number of hydrogen-bond acceptors (Lipinski definition) is 4. The fourth-order valence-corrected chi connectivity index (χ4v) is 3.37. The van der Waals surface area contributed by atoms with E-state index in [0.717, 1.165) is 16.8 Å². The van der Waals surface area contributed by atoms with Crippen molar-refractivity contribution in [1.29, 1.82) is 5.26 Å². The molecule has 5 heteroatoms. The van der Waals surface area contributed by atoms with E-state index in [4.69, 9.17) is 16.3 Å². The number of hydrogen-bond donors (Lipinski definition) is 0. The molecule has 0 aliphatic carbocycles. The molecule has 0 bridgehead atoms. The molecule has 3 aromatic rings. The van der Waals surface area contributed by atoms with Gasteiger partial charge in [0.25, 0.3) is 0 Å². The minimum absolute atomic E-state index is 0.507. The van der Waals surface area contributed by atoms with Crippen molar-refractivity contribution < 1.29 is 4.74 Å². The Balaban J connectivity index is 1.90. The molecule has 1 aromatic heterocycles. The molecule has 0 unspecified atom stereocenters. The summed E-state index contributed by atoms with van der Waals surface area (Å²) < 4.78 is 5.43. The number of ether oxygens (including phenoxy) is 1. The third kappa shape index (κ3) is 4.08. The summed E-state index contributed by atoms with van der Waals surface area (Å²) in [5.74, 6) is 0.639. The summed E-state index contributed by atoms with van der Waals surface area (Å²) >= 11 is 7.67. The van der Waals surface area contributed by atoms with Crippen molar-refractivity contribution in [2.75, 3.05) is 6.61 Å². The van der Waals surface area contributed by atoms with Crippen molar-refractivity contribution in [3.8, 4) is 23.1 Å². The Labute approximate surface area is 155 Å². The van der Waals surface area contributed by atoms with Crippen LogP contribution in [0.2, 0.25) is 5.02 Å². The molecule has 0 aliphatic heterocycles. The second kappa shape index (κ2) is 7.98. The van der Waals surface area contributed by atoms with E-state index in [1.165, 1.54) is 11.3 Å². The zero-order chi connectivity index (χ0) is 17.6. The normalized spacial score (nSPS) is 11.2. The van der Waals surface area contributed by atoms with Crippen LogP contribution in [0.5, 0.6) is 5.75 Å². The second-order valence-electron chi connectivity index (χ2n) is 5.20. The third-order valence-corrected chi connectivity index (χ3v) is 4.66. The molecule has 0 fully saturated rings. The summed E-state index contributed by atoms with van der Waals surface area (Å²) in [5.41, 5.74) is 3.24. The van der Waals surface area contributed by atoms with E-state index in [1.54, 1.807) is 12.1 Å². The largest absolute Gasteiger partial charge is 0.492 e. The SMILES string of the molecule is CCOc1ccc(/C=C(/C#N)c2nc(-c3ccccc3)cs2)cc1Cl. The molecule has 0 saturated heterocycles. The third-order valence-electron chi connectivity index (χ3n) is 3.49. The van der Waals surface area contributed by atoms with Gasteiger partial charge in [-0.05, 0) is 30.7 Å². The van der Waals surface area contributed by atoms with E-state index in [9.17, 15) is 5.26 Å². The van der Waals surface area contributed by atoms with Gasteiger partial charge in [0, 0.05) is 10.9 Å². The van der Waals surface area contributed by atoms with Gasteiger partial charge in [0.1, 0.15) is 16.8 Å². The summed E-state index contributed by atoms with van der Waals surface area (Å²) in [4.78, 5) is 4.59. The molecule has 25 heavy (non-hydrogen) atoms. The summed E-state index contributed by atoms with van der Waals surface area (Å²) in [6, 6.07) is 17.6. The summed E-state index contributed by atoms with van der Waals surface area (Å²) in [7, 11) is 0. The molecule has 0 aliphatic rings. The first-order chi connectivity index (χ1) is 12.2. The lowest BCUT2D eigenvalue weighted by molar-refractivity contribution is 0.340. The zero-order valence-corrected chi connectivity index (χ0v) is 15.1. The fourth-order valence-electron chi connectivity index (χ4n) is 2.33. The topological polar surface area (TPSA) is 45.9 Å². The highest BCUT2D eigenvalue weighted by Gasteiger charge is 2.10. The van der Waals surface area contributed by atoms with E-state index in [1.807, 2.05) is 54.8 Å². The van der Waals surface area contributed by atoms with Gasteiger partial charge in [0.05, 0.1) is 22.9 Å². The number of thiazole rings is 1. The van der Waals surface area contributed by atoms with Crippen LogP contribution in [0.1, 0.15) is 17.5 Å². The molecule has 2 aromatic carbocycles. The molecule has 3 nitrogen and oxygen atoms in total. The standard InChI is InChI=1S/C20H15ClN2OS/c1-2-24-19-9-8-14(11-17(19)21)10-16(12-22)20-23-18(13-25-20)15-6-4-3-5-7-15/h3-11,13H,2H2,1H3/b16-10-. The molecular weight excluding hydrogens is 352 g/mol. The second-order valence-corrected chi connectivity index (χ2v) is 6.46. The maximum absolute atomic E-state index is 9.52. The van der Waals surface area contributed by atoms with Gasteiger partial charge >= 0.3 is 0 Å². The van der Waals surface area contributed by atoms with Gasteiger partial charge < -0.3 is 4.74 Å². The summed E-state index contributed by atoms with van der Waals surface area (Å²) in [5, 5.41) is 12.7. The predicted molar refractivity (Wildman–Crippen MR) is 104 cm³/mol. The van der Waals surface area contributed by atoms with Gasteiger partial charge in [-0.1, -0.05) is 48.0 Å². The highest BCUT2D eigenvalue weighted by molar-refractivity contribution is 7.11. The van der Waals surface area contributed by atoms with E-state index < -0.39 is 0 Å².